The second kappa shape index (κ2) is 6.32. The van der Waals surface area contributed by atoms with Crippen molar-refractivity contribution < 1.29 is 22.7 Å². The van der Waals surface area contributed by atoms with Gasteiger partial charge in [-0.1, -0.05) is 19.9 Å². The predicted octanol–water partition coefficient (Wildman–Crippen LogP) is 1.87. The standard InChI is InChI=1S/C13H18FNO4S/c1-4-15(8-10(3)13(16)17)20(18,19)12-7-9(2)5-6-11(12)14/h5-7,10H,4,8H2,1-3H3,(H,16,17). The average Bonchev–Trinajstić information content (AvgIpc) is 2.37. The highest BCUT2D eigenvalue weighted by Gasteiger charge is 2.29. The lowest BCUT2D eigenvalue weighted by Gasteiger charge is -2.22. The summed E-state index contributed by atoms with van der Waals surface area (Å²) in [5.74, 6) is -2.79. The normalized spacial score (nSPS) is 13.4. The van der Waals surface area contributed by atoms with Gasteiger partial charge >= 0.3 is 5.97 Å². The molecule has 0 fully saturated rings. The van der Waals surface area contributed by atoms with Gasteiger partial charge in [0.1, 0.15) is 10.7 Å². The minimum atomic E-state index is -4.04. The molecular weight excluding hydrogens is 285 g/mol. The van der Waals surface area contributed by atoms with E-state index in [1.807, 2.05) is 0 Å². The molecule has 0 saturated heterocycles. The first-order valence-electron chi connectivity index (χ1n) is 6.19. The number of aryl methyl sites for hydroxylation is 1. The Morgan fingerprint density at radius 3 is 2.55 bits per heavy atom. The van der Waals surface area contributed by atoms with E-state index in [9.17, 15) is 17.6 Å². The molecule has 0 aliphatic carbocycles. The van der Waals surface area contributed by atoms with Gasteiger partial charge in [-0.05, 0) is 24.6 Å². The van der Waals surface area contributed by atoms with Crippen LogP contribution in [0.25, 0.3) is 0 Å². The molecule has 1 aromatic rings. The van der Waals surface area contributed by atoms with Crippen LogP contribution in [0.15, 0.2) is 23.1 Å². The third-order valence-corrected chi connectivity index (χ3v) is 4.91. The van der Waals surface area contributed by atoms with Crippen molar-refractivity contribution in [1.82, 2.24) is 4.31 Å². The molecule has 1 N–H and O–H groups in total. The fourth-order valence-corrected chi connectivity index (χ4v) is 3.42. The van der Waals surface area contributed by atoms with Crippen molar-refractivity contribution in [2.45, 2.75) is 25.7 Å². The van der Waals surface area contributed by atoms with Crippen LogP contribution < -0.4 is 0 Å². The van der Waals surface area contributed by atoms with Crippen molar-refractivity contribution in [3.05, 3.63) is 29.6 Å². The maximum absolute atomic E-state index is 13.7. The number of hydrogen-bond donors (Lipinski definition) is 1. The minimum Gasteiger partial charge on any atom is -0.481 e. The second-order valence-corrected chi connectivity index (χ2v) is 6.54. The summed E-state index contributed by atoms with van der Waals surface area (Å²) in [6, 6.07) is 3.82. The van der Waals surface area contributed by atoms with E-state index in [2.05, 4.69) is 0 Å². The van der Waals surface area contributed by atoms with Crippen molar-refractivity contribution >= 4 is 16.0 Å². The van der Waals surface area contributed by atoms with Crippen molar-refractivity contribution in [2.24, 2.45) is 5.92 Å². The Morgan fingerprint density at radius 2 is 2.05 bits per heavy atom. The Bertz CT molecular complexity index is 600. The van der Waals surface area contributed by atoms with E-state index >= 15 is 0 Å². The molecule has 1 unspecified atom stereocenters. The van der Waals surface area contributed by atoms with Crippen LogP contribution in [-0.4, -0.2) is 36.9 Å². The molecule has 7 heteroatoms. The molecule has 0 radical (unpaired) electrons. The maximum atomic E-state index is 13.7. The van der Waals surface area contributed by atoms with Crippen molar-refractivity contribution in [3.8, 4) is 0 Å². The first-order valence-corrected chi connectivity index (χ1v) is 7.63. The topological polar surface area (TPSA) is 74.7 Å². The summed E-state index contributed by atoms with van der Waals surface area (Å²) in [4.78, 5) is 10.4. The summed E-state index contributed by atoms with van der Waals surface area (Å²) >= 11 is 0. The molecule has 0 heterocycles. The lowest BCUT2D eigenvalue weighted by molar-refractivity contribution is -0.141. The first kappa shape index (κ1) is 16.6. The number of carboxylic acids is 1. The monoisotopic (exact) mass is 303 g/mol. The van der Waals surface area contributed by atoms with Gasteiger partial charge in [-0.15, -0.1) is 0 Å². The van der Waals surface area contributed by atoms with E-state index in [-0.39, 0.29) is 13.1 Å². The Hall–Kier alpha value is -1.47. The Labute approximate surface area is 118 Å². The number of hydrogen-bond acceptors (Lipinski definition) is 3. The molecule has 0 spiro atoms. The van der Waals surface area contributed by atoms with E-state index in [1.165, 1.54) is 19.1 Å². The smallest absolute Gasteiger partial charge is 0.307 e. The number of nitrogens with zero attached hydrogens (tertiary/aromatic N) is 1. The van der Waals surface area contributed by atoms with E-state index in [0.29, 0.717) is 5.56 Å². The zero-order valence-corrected chi connectivity index (χ0v) is 12.4. The number of sulfonamides is 1. The third kappa shape index (κ3) is 3.55. The SMILES string of the molecule is CCN(CC(C)C(=O)O)S(=O)(=O)c1cc(C)ccc1F. The summed E-state index contributed by atoms with van der Waals surface area (Å²) < 4.78 is 39.5. The van der Waals surface area contributed by atoms with Crippen LogP contribution in [-0.2, 0) is 14.8 Å². The highest BCUT2D eigenvalue weighted by Crippen LogP contribution is 2.21. The van der Waals surface area contributed by atoms with Gasteiger partial charge < -0.3 is 5.11 Å². The number of halogens is 1. The van der Waals surface area contributed by atoms with Gasteiger partial charge in [0.05, 0.1) is 5.92 Å². The zero-order valence-electron chi connectivity index (χ0n) is 11.6. The van der Waals surface area contributed by atoms with Gasteiger partial charge in [-0.25, -0.2) is 12.8 Å². The lowest BCUT2D eigenvalue weighted by Crippen LogP contribution is -2.37. The summed E-state index contributed by atoms with van der Waals surface area (Å²) in [6.07, 6.45) is 0. The molecule has 1 aromatic carbocycles. The van der Waals surface area contributed by atoms with Crippen LogP contribution in [0.3, 0.4) is 0 Å². The summed E-state index contributed by atoms with van der Waals surface area (Å²) in [6.45, 7) is 4.54. The fraction of sp³-hybridized carbons (Fsp3) is 0.462. The highest BCUT2D eigenvalue weighted by molar-refractivity contribution is 7.89. The molecule has 0 aromatic heterocycles. The summed E-state index contributed by atoms with van der Waals surface area (Å²) in [5.41, 5.74) is 0.618. The molecular formula is C13H18FNO4S. The summed E-state index contributed by atoms with van der Waals surface area (Å²) in [5, 5.41) is 8.87. The fourth-order valence-electron chi connectivity index (χ4n) is 1.73. The molecule has 0 aliphatic rings. The lowest BCUT2D eigenvalue weighted by atomic mass is 10.2. The Kier molecular flexibility index (Phi) is 5.24. The van der Waals surface area contributed by atoms with E-state index in [4.69, 9.17) is 5.11 Å². The summed E-state index contributed by atoms with van der Waals surface area (Å²) in [7, 11) is -4.04. The Balaban J connectivity index is 3.18. The minimum absolute atomic E-state index is 0.0767. The Morgan fingerprint density at radius 1 is 1.45 bits per heavy atom. The second-order valence-electron chi connectivity index (χ2n) is 4.63. The molecule has 20 heavy (non-hydrogen) atoms. The van der Waals surface area contributed by atoms with Crippen LogP contribution in [0.4, 0.5) is 4.39 Å². The van der Waals surface area contributed by atoms with Gasteiger partial charge in [0.15, 0.2) is 0 Å². The quantitative estimate of drug-likeness (QED) is 0.870. The van der Waals surface area contributed by atoms with E-state index in [1.54, 1.807) is 13.8 Å². The molecule has 5 nitrogen and oxygen atoms in total. The number of benzene rings is 1. The van der Waals surface area contributed by atoms with Gasteiger partial charge in [0, 0.05) is 13.1 Å². The molecule has 0 saturated carbocycles. The van der Waals surface area contributed by atoms with Gasteiger partial charge in [0.25, 0.3) is 0 Å². The number of carbonyl (C=O) groups is 1. The van der Waals surface area contributed by atoms with Crippen molar-refractivity contribution in [1.29, 1.82) is 0 Å². The van der Waals surface area contributed by atoms with Crippen LogP contribution in [0.5, 0.6) is 0 Å². The van der Waals surface area contributed by atoms with Gasteiger partial charge in [-0.3, -0.25) is 4.79 Å². The van der Waals surface area contributed by atoms with Crippen LogP contribution in [0, 0.1) is 18.7 Å². The van der Waals surface area contributed by atoms with Crippen molar-refractivity contribution in [3.63, 3.8) is 0 Å². The molecule has 0 amide bonds. The first-order chi connectivity index (χ1) is 9.20. The molecule has 1 atom stereocenters. The number of rotatable bonds is 6. The van der Waals surface area contributed by atoms with Crippen LogP contribution in [0.2, 0.25) is 0 Å². The maximum Gasteiger partial charge on any atom is 0.307 e. The van der Waals surface area contributed by atoms with Gasteiger partial charge in [0.2, 0.25) is 10.0 Å². The van der Waals surface area contributed by atoms with Crippen molar-refractivity contribution in [2.75, 3.05) is 13.1 Å². The predicted molar refractivity (Wildman–Crippen MR) is 72.4 cm³/mol. The molecule has 0 bridgehead atoms. The highest BCUT2D eigenvalue weighted by atomic mass is 32.2. The van der Waals surface area contributed by atoms with E-state index in [0.717, 1.165) is 10.4 Å². The zero-order chi connectivity index (χ0) is 15.5. The van der Waals surface area contributed by atoms with Crippen LogP contribution in [0.1, 0.15) is 19.4 Å². The third-order valence-electron chi connectivity index (χ3n) is 2.96. The largest absolute Gasteiger partial charge is 0.481 e. The number of carboxylic acid groups (broad SMARTS) is 1. The average molecular weight is 303 g/mol. The van der Waals surface area contributed by atoms with Crippen LogP contribution >= 0.6 is 0 Å². The molecule has 0 aliphatic heterocycles. The molecule has 112 valence electrons. The molecule has 1 rings (SSSR count). The van der Waals surface area contributed by atoms with Gasteiger partial charge in [-0.2, -0.15) is 4.31 Å². The van der Waals surface area contributed by atoms with E-state index < -0.39 is 32.6 Å². The number of aliphatic carboxylic acids is 1.